The molecular formula is C12H12N2O2. The number of hydrogen-bond donors (Lipinski definition) is 1. The van der Waals surface area contributed by atoms with Crippen LogP contribution in [0, 0.1) is 0 Å². The molecule has 4 heteroatoms. The van der Waals surface area contributed by atoms with Gasteiger partial charge in [-0.05, 0) is 24.3 Å². The number of nitrogens with one attached hydrogen (secondary N) is 1. The first kappa shape index (κ1) is 10.4. The lowest BCUT2D eigenvalue weighted by Gasteiger charge is -2.07. The van der Waals surface area contributed by atoms with E-state index in [2.05, 4.69) is 10.3 Å². The van der Waals surface area contributed by atoms with Gasteiger partial charge in [-0.25, -0.2) is 0 Å². The third-order valence-corrected chi connectivity index (χ3v) is 2.24. The molecule has 82 valence electrons. The molecule has 1 aromatic carbocycles. The number of fused-ring (bicyclic) bond motifs is 1. The fraction of sp³-hybridized carbons (Fsp3) is 0.167. The molecule has 1 heterocycles. The summed E-state index contributed by atoms with van der Waals surface area (Å²) in [6, 6.07) is 7.31. The molecule has 1 N–H and O–H groups in total. The fourth-order valence-electron chi connectivity index (χ4n) is 1.58. The molecule has 4 nitrogen and oxygen atoms in total. The van der Waals surface area contributed by atoms with Gasteiger partial charge in [-0.3, -0.25) is 9.78 Å². The zero-order chi connectivity index (χ0) is 11.5. The third kappa shape index (κ3) is 1.95. The summed E-state index contributed by atoms with van der Waals surface area (Å²) >= 11 is 0. The fourth-order valence-corrected chi connectivity index (χ4v) is 1.58. The first-order valence-corrected chi connectivity index (χ1v) is 4.91. The van der Waals surface area contributed by atoms with E-state index in [9.17, 15) is 4.79 Å². The molecule has 0 aliphatic heterocycles. The normalized spacial score (nSPS) is 10.1. The first-order chi connectivity index (χ1) is 7.70. The lowest BCUT2D eigenvalue weighted by atomic mass is 10.2. The molecule has 0 fully saturated rings. The Kier molecular flexibility index (Phi) is 2.72. The summed E-state index contributed by atoms with van der Waals surface area (Å²) in [5, 5.41) is 3.61. The number of benzene rings is 1. The van der Waals surface area contributed by atoms with Crippen molar-refractivity contribution in [2.45, 2.75) is 6.92 Å². The van der Waals surface area contributed by atoms with Gasteiger partial charge in [0.05, 0.1) is 12.6 Å². The van der Waals surface area contributed by atoms with E-state index >= 15 is 0 Å². The van der Waals surface area contributed by atoms with Crippen LogP contribution in [0.3, 0.4) is 0 Å². The van der Waals surface area contributed by atoms with E-state index in [0.717, 1.165) is 22.3 Å². The van der Waals surface area contributed by atoms with E-state index in [-0.39, 0.29) is 5.91 Å². The van der Waals surface area contributed by atoms with Crippen molar-refractivity contribution in [3.63, 3.8) is 0 Å². The minimum absolute atomic E-state index is 0.0952. The van der Waals surface area contributed by atoms with Gasteiger partial charge >= 0.3 is 0 Å². The second-order valence-electron chi connectivity index (χ2n) is 3.43. The van der Waals surface area contributed by atoms with Crippen molar-refractivity contribution in [3.05, 3.63) is 30.5 Å². The van der Waals surface area contributed by atoms with Crippen molar-refractivity contribution in [3.8, 4) is 5.75 Å². The minimum Gasteiger partial charge on any atom is -0.496 e. The summed E-state index contributed by atoms with van der Waals surface area (Å²) in [5.74, 6) is 0.652. The number of rotatable bonds is 2. The smallest absolute Gasteiger partial charge is 0.221 e. The number of nitrogens with zero attached hydrogens (tertiary/aromatic N) is 1. The minimum atomic E-state index is -0.0952. The Morgan fingerprint density at radius 2 is 2.19 bits per heavy atom. The molecule has 2 rings (SSSR count). The van der Waals surface area contributed by atoms with E-state index in [1.54, 1.807) is 19.4 Å². The summed E-state index contributed by atoms with van der Waals surface area (Å²) in [4.78, 5) is 15.2. The van der Waals surface area contributed by atoms with Gasteiger partial charge in [0, 0.05) is 24.2 Å². The van der Waals surface area contributed by atoms with Gasteiger partial charge in [-0.2, -0.15) is 0 Å². The Morgan fingerprint density at radius 3 is 2.88 bits per heavy atom. The topological polar surface area (TPSA) is 51.2 Å². The second-order valence-corrected chi connectivity index (χ2v) is 3.43. The van der Waals surface area contributed by atoms with Gasteiger partial charge in [-0.1, -0.05) is 0 Å². The highest BCUT2D eigenvalue weighted by Gasteiger charge is 2.03. The average Bonchev–Trinajstić information content (AvgIpc) is 2.27. The summed E-state index contributed by atoms with van der Waals surface area (Å²) in [5.41, 5.74) is 1.58. The SMILES string of the molecule is COc1ccnc2ccc(NC(C)=O)cc12. The standard InChI is InChI=1S/C12H12N2O2/c1-8(15)14-9-3-4-11-10(7-9)12(16-2)5-6-13-11/h3-7H,1-2H3,(H,14,15). The predicted molar refractivity (Wildman–Crippen MR) is 62.6 cm³/mol. The van der Waals surface area contributed by atoms with Gasteiger partial charge in [-0.15, -0.1) is 0 Å². The van der Waals surface area contributed by atoms with Crippen LogP contribution in [0.4, 0.5) is 5.69 Å². The molecule has 0 atom stereocenters. The lowest BCUT2D eigenvalue weighted by Crippen LogP contribution is -2.05. The van der Waals surface area contributed by atoms with Crippen LogP contribution in [0.1, 0.15) is 6.92 Å². The summed E-state index contributed by atoms with van der Waals surface area (Å²) in [6.07, 6.45) is 1.69. The van der Waals surface area contributed by atoms with E-state index in [1.807, 2.05) is 18.2 Å². The lowest BCUT2D eigenvalue weighted by molar-refractivity contribution is -0.114. The first-order valence-electron chi connectivity index (χ1n) is 4.91. The van der Waals surface area contributed by atoms with E-state index in [0.29, 0.717) is 0 Å². The molecule has 0 saturated heterocycles. The maximum atomic E-state index is 10.9. The zero-order valence-corrected chi connectivity index (χ0v) is 9.15. The summed E-state index contributed by atoms with van der Waals surface area (Å²) < 4.78 is 5.23. The van der Waals surface area contributed by atoms with Gasteiger partial charge in [0.1, 0.15) is 5.75 Å². The Balaban J connectivity index is 2.54. The van der Waals surface area contributed by atoms with Crippen molar-refractivity contribution in [2.24, 2.45) is 0 Å². The largest absolute Gasteiger partial charge is 0.496 e. The van der Waals surface area contributed by atoms with Crippen LogP contribution in [0.25, 0.3) is 10.9 Å². The highest BCUT2D eigenvalue weighted by molar-refractivity contribution is 5.94. The monoisotopic (exact) mass is 216 g/mol. The van der Waals surface area contributed by atoms with Crippen LogP contribution >= 0.6 is 0 Å². The van der Waals surface area contributed by atoms with Gasteiger partial charge in [0.25, 0.3) is 0 Å². The number of methoxy groups -OCH3 is 1. The number of aromatic nitrogens is 1. The Bertz CT molecular complexity index is 538. The molecule has 0 bridgehead atoms. The maximum Gasteiger partial charge on any atom is 0.221 e. The van der Waals surface area contributed by atoms with Gasteiger partial charge in [0.15, 0.2) is 0 Å². The van der Waals surface area contributed by atoms with Crippen molar-refractivity contribution >= 4 is 22.5 Å². The van der Waals surface area contributed by atoms with Crippen LogP contribution in [-0.2, 0) is 4.79 Å². The summed E-state index contributed by atoms with van der Waals surface area (Å²) in [6.45, 7) is 1.48. The highest BCUT2D eigenvalue weighted by Crippen LogP contribution is 2.26. The van der Waals surface area contributed by atoms with Crippen LogP contribution in [0.2, 0.25) is 0 Å². The van der Waals surface area contributed by atoms with Crippen LogP contribution < -0.4 is 10.1 Å². The second kappa shape index (κ2) is 4.18. The zero-order valence-electron chi connectivity index (χ0n) is 9.15. The van der Waals surface area contributed by atoms with Gasteiger partial charge < -0.3 is 10.1 Å². The molecule has 0 aliphatic rings. The molecule has 2 aromatic rings. The summed E-state index contributed by atoms with van der Waals surface area (Å²) in [7, 11) is 1.61. The van der Waals surface area contributed by atoms with Crippen molar-refractivity contribution in [2.75, 3.05) is 12.4 Å². The number of anilines is 1. The van der Waals surface area contributed by atoms with Gasteiger partial charge in [0.2, 0.25) is 5.91 Å². The number of amides is 1. The maximum absolute atomic E-state index is 10.9. The Morgan fingerprint density at radius 1 is 1.38 bits per heavy atom. The van der Waals surface area contributed by atoms with E-state index in [1.165, 1.54) is 6.92 Å². The Hall–Kier alpha value is -2.10. The van der Waals surface area contributed by atoms with Crippen molar-refractivity contribution in [1.82, 2.24) is 4.98 Å². The van der Waals surface area contributed by atoms with E-state index in [4.69, 9.17) is 4.74 Å². The molecule has 1 amide bonds. The molecular weight excluding hydrogens is 204 g/mol. The van der Waals surface area contributed by atoms with Crippen molar-refractivity contribution < 1.29 is 9.53 Å². The molecule has 0 radical (unpaired) electrons. The molecule has 0 aliphatic carbocycles. The Labute approximate surface area is 93.3 Å². The number of ether oxygens (including phenoxy) is 1. The quantitative estimate of drug-likeness (QED) is 0.837. The molecule has 0 unspecified atom stereocenters. The van der Waals surface area contributed by atoms with Crippen LogP contribution in [-0.4, -0.2) is 18.0 Å². The van der Waals surface area contributed by atoms with E-state index < -0.39 is 0 Å². The van der Waals surface area contributed by atoms with Crippen molar-refractivity contribution in [1.29, 1.82) is 0 Å². The number of pyridine rings is 1. The van der Waals surface area contributed by atoms with Crippen LogP contribution in [0.5, 0.6) is 5.75 Å². The average molecular weight is 216 g/mol. The molecule has 16 heavy (non-hydrogen) atoms. The number of hydrogen-bond acceptors (Lipinski definition) is 3. The number of carbonyl (C=O) groups excluding carboxylic acids is 1. The third-order valence-electron chi connectivity index (χ3n) is 2.24. The predicted octanol–water partition coefficient (Wildman–Crippen LogP) is 2.20. The molecule has 0 saturated carbocycles. The molecule has 1 aromatic heterocycles. The highest BCUT2D eigenvalue weighted by atomic mass is 16.5. The van der Waals surface area contributed by atoms with Crippen LogP contribution in [0.15, 0.2) is 30.5 Å². The molecule has 0 spiro atoms. The number of carbonyl (C=O) groups is 1.